The molecule has 1 aromatic heterocycles. The van der Waals surface area contributed by atoms with Crippen molar-refractivity contribution in [2.24, 2.45) is 0 Å². The maximum atomic E-state index is 9.23. The van der Waals surface area contributed by atoms with Crippen molar-refractivity contribution in [3.05, 3.63) is 28.0 Å². The fourth-order valence-corrected chi connectivity index (χ4v) is 7.69. The second kappa shape index (κ2) is 10.7. The summed E-state index contributed by atoms with van der Waals surface area (Å²) in [6.45, 7) is 13.8. The van der Waals surface area contributed by atoms with E-state index in [1.807, 2.05) is 5.38 Å². The summed E-state index contributed by atoms with van der Waals surface area (Å²) in [6.07, 6.45) is 6.70. The lowest BCUT2D eigenvalue weighted by Crippen LogP contribution is -2.46. The number of hydrogen-bond donors (Lipinski definition) is 1. The third kappa shape index (κ3) is 6.06. The van der Waals surface area contributed by atoms with Crippen LogP contribution in [-0.2, 0) is 11.0 Å². The molecule has 0 aromatic carbocycles. The summed E-state index contributed by atoms with van der Waals surface area (Å²) in [5, 5.41) is 11.3. The monoisotopic (exact) mass is 382 g/mol. The van der Waals surface area contributed by atoms with E-state index in [0.29, 0.717) is 0 Å². The third-order valence-electron chi connectivity index (χ3n) is 5.93. The molecule has 1 N–H and O–H groups in total. The van der Waals surface area contributed by atoms with Crippen LogP contribution in [0.4, 0.5) is 0 Å². The summed E-state index contributed by atoms with van der Waals surface area (Å²) < 4.78 is 6.96. The van der Waals surface area contributed by atoms with Crippen LogP contribution >= 0.6 is 11.3 Å². The highest BCUT2D eigenvalue weighted by Gasteiger charge is 2.38. The van der Waals surface area contributed by atoms with Gasteiger partial charge in [0.05, 0.1) is 12.2 Å². The Hall–Kier alpha value is -0.423. The molecule has 0 fully saturated rings. The molecule has 0 saturated carbocycles. The van der Waals surface area contributed by atoms with E-state index in [0.717, 1.165) is 31.2 Å². The van der Waals surface area contributed by atoms with Crippen molar-refractivity contribution in [3.63, 3.8) is 0 Å². The quantitative estimate of drug-likeness (QED) is 0.394. The van der Waals surface area contributed by atoms with E-state index in [1.165, 1.54) is 28.6 Å². The van der Waals surface area contributed by atoms with Gasteiger partial charge in [0.1, 0.15) is 0 Å². The lowest BCUT2D eigenvalue weighted by Gasteiger charge is -2.42. The molecule has 0 aliphatic rings. The Kier molecular flexibility index (Phi) is 9.64. The van der Waals surface area contributed by atoms with Crippen molar-refractivity contribution >= 4 is 25.2 Å². The average Bonchev–Trinajstić information content (AvgIpc) is 3.14. The first-order chi connectivity index (χ1) is 11.9. The molecule has 0 spiro atoms. The highest BCUT2D eigenvalue weighted by Crippen LogP contribution is 2.35. The second-order valence-corrected chi connectivity index (χ2v) is 12.7. The summed E-state index contributed by atoms with van der Waals surface area (Å²) in [5.74, 6) is 0. The van der Waals surface area contributed by atoms with E-state index in [-0.39, 0.29) is 12.2 Å². The van der Waals surface area contributed by atoms with E-state index in [2.05, 4.69) is 53.7 Å². The Balaban J connectivity index is 2.81. The number of aliphatic hydroxyl groups is 1. The van der Waals surface area contributed by atoms with Crippen LogP contribution in [0.3, 0.4) is 0 Å². The summed E-state index contributed by atoms with van der Waals surface area (Å²) in [6, 6.07) is 5.75. The molecule has 0 saturated heterocycles. The number of rotatable bonds is 12. The van der Waals surface area contributed by atoms with Crippen LogP contribution in [0.25, 0.3) is 5.57 Å². The van der Waals surface area contributed by atoms with E-state index in [1.54, 1.807) is 11.3 Å². The third-order valence-corrected chi connectivity index (χ3v) is 11.8. The summed E-state index contributed by atoms with van der Waals surface area (Å²) in [4.78, 5) is 1.27. The zero-order valence-electron chi connectivity index (χ0n) is 17.2. The van der Waals surface area contributed by atoms with Gasteiger partial charge in [-0.1, -0.05) is 40.7 Å². The van der Waals surface area contributed by atoms with Gasteiger partial charge >= 0.3 is 0 Å². The minimum Gasteiger partial charge on any atom is -0.411 e. The van der Waals surface area contributed by atoms with E-state index < -0.39 is 8.32 Å². The van der Waals surface area contributed by atoms with Gasteiger partial charge in [-0.05, 0) is 73.3 Å². The Morgan fingerprint density at radius 2 is 1.76 bits per heavy atom. The Morgan fingerprint density at radius 3 is 2.20 bits per heavy atom. The predicted octanol–water partition coefficient (Wildman–Crippen LogP) is 7.00. The molecule has 1 aromatic rings. The fourth-order valence-electron chi connectivity index (χ4n) is 3.54. The Bertz CT molecular complexity index is 519. The first-order valence-electron chi connectivity index (χ1n) is 9.99. The summed E-state index contributed by atoms with van der Waals surface area (Å²) in [5.41, 5.74) is 2.37. The summed E-state index contributed by atoms with van der Waals surface area (Å²) in [7, 11) is -1.58. The molecule has 0 atom stereocenters. The zero-order chi connectivity index (χ0) is 18.9. The standard InChI is InChI=1S/C21H38O2SSi/c1-7-21(8-2,23-25(9-3,10-4)11-5)14-12-13-18(6)20-15-19(16-22)17-24-20/h13,15,17,22H,7-12,14,16H2,1-6H3/b18-13+. The Labute approximate surface area is 160 Å². The maximum absolute atomic E-state index is 9.23. The van der Waals surface area contributed by atoms with Crippen LogP contribution in [0.5, 0.6) is 0 Å². The minimum atomic E-state index is -1.58. The predicted molar refractivity (Wildman–Crippen MR) is 115 cm³/mol. The first-order valence-corrected chi connectivity index (χ1v) is 13.4. The van der Waals surface area contributed by atoms with Crippen molar-refractivity contribution in [2.45, 2.75) is 97.6 Å². The van der Waals surface area contributed by atoms with Gasteiger partial charge in [-0.3, -0.25) is 0 Å². The van der Waals surface area contributed by atoms with Gasteiger partial charge in [0, 0.05) is 4.88 Å². The van der Waals surface area contributed by atoms with E-state index in [9.17, 15) is 5.11 Å². The molecule has 0 aliphatic heterocycles. The van der Waals surface area contributed by atoms with Crippen LogP contribution in [0.15, 0.2) is 17.5 Å². The van der Waals surface area contributed by atoms with Crippen molar-refractivity contribution in [1.29, 1.82) is 0 Å². The van der Waals surface area contributed by atoms with Gasteiger partial charge in [0.25, 0.3) is 0 Å². The molecule has 0 amide bonds. The number of aliphatic hydroxyl groups excluding tert-OH is 1. The highest BCUT2D eigenvalue weighted by atomic mass is 32.1. The molecule has 1 rings (SSSR count). The maximum Gasteiger partial charge on any atom is 0.192 e. The van der Waals surface area contributed by atoms with Gasteiger partial charge in [-0.15, -0.1) is 11.3 Å². The van der Waals surface area contributed by atoms with Crippen molar-refractivity contribution in [3.8, 4) is 0 Å². The number of thiophene rings is 1. The van der Waals surface area contributed by atoms with Crippen molar-refractivity contribution < 1.29 is 9.53 Å². The van der Waals surface area contributed by atoms with Crippen molar-refractivity contribution in [2.75, 3.05) is 0 Å². The first kappa shape index (κ1) is 22.6. The van der Waals surface area contributed by atoms with Crippen LogP contribution < -0.4 is 0 Å². The van der Waals surface area contributed by atoms with Crippen LogP contribution in [0.1, 0.15) is 77.7 Å². The molecular formula is C21H38O2SSi. The molecule has 0 radical (unpaired) electrons. The molecule has 4 heteroatoms. The fraction of sp³-hybridized carbons (Fsp3) is 0.714. The van der Waals surface area contributed by atoms with E-state index in [4.69, 9.17) is 4.43 Å². The van der Waals surface area contributed by atoms with Gasteiger partial charge in [-0.25, -0.2) is 0 Å². The van der Waals surface area contributed by atoms with Gasteiger partial charge in [0.2, 0.25) is 0 Å². The highest BCUT2D eigenvalue weighted by molar-refractivity contribution is 7.11. The van der Waals surface area contributed by atoms with Crippen molar-refractivity contribution in [1.82, 2.24) is 0 Å². The zero-order valence-corrected chi connectivity index (χ0v) is 19.0. The lowest BCUT2D eigenvalue weighted by molar-refractivity contribution is 0.0397. The van der Waals surface area contributed by atoms with E-state index >= 15 is 0 Å². The molecule has 0 unspecified atom stereocenters. The number of hydrogen-bond acceptors (Lipinski definition) is 3. The molecular weight excluding hydrogens is 344 g/mol. The van der Waals surface area contributed by atoms with Gasteiger partial charge < -0.3 is 9.53 Å². The van der Waals surface area contributed by atoms with Crippen LogP contribution in [-0.4, -0.2) is 19.0 Å². The smallest absolute Gasteiger partial charge is 0.192 e. The SMILES string of the molecule is CCC(CC)(CC/C=C(\C)c1cc(CO)cs1)O[Si](CC)(CC)CC. The molecule has 1 heterocycles. The lowest BCUT2D eigenvalue weighted by atomic mass is 9.91. The minimum absolute atomic E-state index is 0.0384. The number of allylic oxidation sites excluding steroid dienone is 2. The molecule has 0 bridgehead atoms. The molecule has 25 heavy (non-hydrogen) atoms. The summed E-state index contributed by atoms with van der Waals surface area (Å²) >= 11 is 1.72. The molecule has 0 aliphatic carbocycles. The Morgan fingerprint density at radius 1 is 1.16 bits per heavy atom. The largest absolute Gasteiger partial charge is 0.411 e. The van der Waals surface area contributed by atoms with Crippen LogP contribution in [0.2, 0.25) is 18.1 Å². The second-order valence-electron chi connectivity index (χ2n) is 7.14. The molecule has 2 nitrogen and oxygen atoms in total. The average molecular weight is 383 g/mol. The molecule has 144 valence electrons. The van der Waals surface area contributed by atoms with Crippen LogP contribution in [0, 0.1) is 0 Å². The van der Waals surface area contributed by atoms with Gasteiger partial charge in [-0.2, -0.15) is 0 Å². The topological polar surface area (TPSA) is 29.5 Å². The normalized spacial score (nSPS) is 13.5. The van der Waals surface area contributed by atoms with Gasteiger partial charge in [0.15, 0.2) is 8.32 Å².